The van der Waals surface area contributed by atoms with Gasteiger partial charge in [0.1, 0.15) is 0 Å². The Morgan fingerprint density at radius 1 is 1.07 bits per heavy atom. The molecule has 6 nitrogen and oxygen atoms in total. The summed E-state index contributed by atoms with van der Waals surface area (Å²) in [5.41, 5.74) is 1.81. The minimum atomic E-state index is -0.394. The van der Waals surface area contributed by atoms with Crippen molar-refractivity contribution in [3.63, 3.8) is 0 Å². The molecular formula is C20H19Cl2IN4O2S. The van der Waals surface area contributed by atoms with Crippen molar-refractivity contribution in [1.29, 1.82) is 0 Å². The van der Waals surface area contributed by atoms with E-state index in [4.69, 9.17) is 35.4 Å². The molecule has 2 amide bonds. The second kappa shape index (κ2) is 10.1. The van der Waals surface area contributed by atoms with Crippen LogP contribution in [0, 0.1) is 3.57 Å². The third-order valence-electron chi connectivity index (χ3n) is 4.68. The van der Waals surface area contributed by atoms with Crippen molar-refractivity contribution < 1.29 is 9.59 Å². The number of hydrogen-bond acceptors (Lipinski definition) is 4. The number of halogens is 3. The molecule has 0 unspecified atom stereocenters. The molecule has 1 saturated heterocycles. The van der Waals surface area contributed by atoms with E-state index in [9.17, 15) is 9.59 Å². The summed E-state index contributed by atoms with van der Waals surface area (Å²) in [6.45, 7) is 4.10. The predicted molar refractivity (Wildman–Crippen MR) is 134 cm³/mol. The highest BCUT2D eigenvalue weighted by atomic mass is 127. The topological polar surface area (TPSA) is 64.7 Å². The van der Waals surface area contributed by atoms with Gasteiger partial charge in [0.25, 0.3) is 5.91 Å². The van der Waals surface area contributed by atoms with E-state index in [1.807, 2.05) is 12.1 Å². The summed E-state index contributed by atoms with van der Waals surface area (Å²) in [5.74, 6) is -0.333. The fraction of sp³-hybridized carbons (Fsp3) is 0.250. The van der Waals surface area contributed by atoms with E-state index in [2.05, 4.69) is 38.1 Å². The van der Waals surface area contributed by atoms with Crippen molar-refractivity contribution in [3.8, 4) is 0 Å². The van der Waals surface area contributed by atoms with E-state index in [1.54, 1.807) is 36.1 Å². The van der Waals surface area contributed by atoms with Crippen molar-refractivity contribution in [2.45, 2.75) is 6.92 Å². The monoisotopic (exact) mass is 576 g/mol. The third kappa shape index (κ3) is 5.54. The van der Waals surface area contributed by atoms with Crippen molar-refractivity contribution in [3.05, 3.63) is 55.6 Å². The van der Waals surface area contributed by atoms with E-state index >= 15 is 0 Å². The van der Waals surface area contributed by atoms with E-state index in [0.29, 0.717) is 47.5 Å². The Hall–Kier alpha value is -1.62. The van der Waals surface area contributed by atoms with Gasteiger partial charge in [-0.25, -0.2) is 0 Å². The number of carbonyl (C=O) groups is 2. The maximum absolute atomic E-state index is 12.6. The van der Waals surface area contributed by atoms with Crippen LogP contribution >= 0.6 is 58.0 Å². The van der Waals surface area contributed by atoms with Crippen molar-refractivity contribution in [2.75, 3.05) is 36.4 Å². The molecule has 158 valence electrons. The molecular weight excluding hydrogens is 558 g/mol. The number of amides is 2. The van der Waals surface area contributed by atoms with E-state index < -0.39 is 5.91 Å². The first kappa shape index (κ1) is 23.1. The minimum Gasteiger partial charge on any atom is -0.365 e. The second-order valence-corrected chi connectivity index (χ2v) is 9.13. The zero-order valence-corrected chi connectivity index (χ0v) is 20.5. The number of para-hydroxylation sites is 1. The lowest BCUT2D eigenvalue weighted by atomic mass is 10.2. The Morgan fingerprint density at radius 2 is 1.77 bits per heavy atom. The van der Waals surface area contributed by atoms with Crippen LogP contribution in [0.5, 0.6) is 0 Å². The van der Waals surface area contributed by atoms with E-state index in [1.165, 1.54) is 0 Å². The number of nitrogens with one attached hydrogen (secondary N) is 2. The molecule has 3 rings (SSSR count). The van der Waals surface area contributed by atoms with Crippen molar-refractivity contribution >= 4 is 86.3 Å². The van der Waals surface area contributed by atoms with Gasteiger partial charge in [-0.1, -0.05) is 29.3 Å². The maximum atomic E-state index is 12.6. The summed E-state index contributed by atoms with van der Waals surface area (Å²) in [6, 6.07) is 10.6. The summed E-state index contributed by atoms with van der Waals surface area (Å²) in [4.78, 5) is 28.1. The van der Waals surface area contributed by atoms with Crippen LogP contribution in [-0.4, -0.2) is 48.0 Å². The average molecular weight is 577 g/mol. The molecule has 1 heterocycles. The number of hydrogen-bond donors (Lipinski definition) is 2. The van der Waals surface area contributed by atoms with Crippen LogP contribution < -0.4 is 15.5 Å². The van der Waals surface area contributed by atoms with E-state index in [0.717, 1.165) is 9.26 Å². The molecule has 1 aliphatic rings. The molecule has 0 aliphatic carbocycles. The van der Waals surface area contributed by atoms with Gasteiger partial charge in [-0.3, -0.25) is 14.9 Å². The Balaban J connectivity index is 1.73. The lowest BCUT2D eigenvalue weighted by Crippen LogP contribution is -2.48. The largest absolute Gasteiger partial charge is 0.365 e. The second-order valence-electron chi connectivity index (χ2n) is 6.66. The molecule has 0 radical (unpaired) electrons. The third-order valence-corrected chi connectivity index (χ3v) is 6.19. The van der Waals surface area contributed by atoms with Crippen LogP contribution in [0.15, 0.2) is 36.4 Å². The Kier molecular flexibility index (Phi) is 7.78. The average Bonchev–Trinajstić information content (AvgIpc) is 2.70. The molecule has 0 atom stereocenters. The molecule has 1 fully saturated rings. The van der Waals surface area contributed by atoms with Crippen molar-refractivity contribution in [2.24, 2.45) is 0 Å². The number of rotatable bonds is 3. The van der Waals surface area contributed by atoms with Crippen LogP contribution in [0.3, 0.4) is 0 Å². The summed E-state index contributed by atoms with van der Waals surface area (Å²) in [7, 11) is 0. The number of nitrogens with zero attached hydrogens (tertiary/aromatic N) is 2. The first-order chi connectivity index (χ1) is 14.3. The lowest BCUT2D eigenvalue weighted by Gasteiger charge is -2.37. The van der Waals surface area contributed by atoms with Crippen molar-refractivity contribution in [1.82, 2.24) is 10.2 Å². The fourth-order valence-electron chi connectivity index (χ4n) is 3.18. The maximum Gasteiger partial charge on any atom is 0.258 e. The Labute approximate surface area is 204 Å². The molecule has 0 saturated carbocycles. The van der Waals surface area contributed by atoms with Crippen LogP contribution in [-0.2, 0) is 4.79 Å². The van der Waals surface area contributed by atoms with Gasteiger partial charge in [-0.15, -0.1) is 0 Å². The summed E-state index contributed by atoms with van der Waals surface area (Å²) >= 11 is 20.1. The number of piperazine rings is 1. The normalized spacial score (nSPS) is 13.7. The van der Waals surface area contributed by atoms with Gasteiger partial charge in [0.15, 0.2) is 5.11 Å². The van der Waals surface area contributed by atoms with Crippen LogP contribution in [0.25, 0.3) is 0 Å². The summed E-state index contributed by atoms with van der Waals surface area (Å²) in [5, 5.41) is 6.78. The molecule has 0 spiro atoms. The smallest absolute Gasteiger partial charge is 0.258 e. The Morgan fingerprint density at radius 3 is 2.43 bits per heavy atom. The van der Waals surface area contributed by atoms with Crippen LogP contribution in [0.2, 0.25) is 10.0 Å². The molecule has 2 aromatic rings. The quantitative estimate of drug-likeness (QED) is 0.419. The molecule has 30 heavy (non-hydrogen) atoms. The number of thiocarbonyl (C=S) groups is 1. The SMILES string of the molecule is CC(=O)N1CCN(c2c(Cl)cccc2NC(=S)NC(=O)c2cc(I)ccc2Cl)CC1. The van der Waals surface area contributed by atoms with Gasteiger partial charge < -0.3 is 15.1 Å². The first-order valence-electron chi connectivity index (χ1n) is 9.12. The lowest BCUT2D eigenvalue weighted by molar-refractivity contribution is -0.129. The number of anilines is 2. The van der Waals surface area contributed by atoms with E-state index in [-0.39, 0.29) is 11.0 Å². The number of benzene rings is 2. The molecule has 0 aromatic heterocycles. The Bertz CT molecular complexity index is 997. The highest BCUT2D eigenvalue weighted by Gasteiger charge is 2.23. The summed E-state index contributed by atoms with van der Waals surface area (Å²) in [6.07, 6.45) is 0. The predicted octanol–water partition coefficient (Wildman–Crippen LogP) is 4.39. The highest BCUT2D eigenvalue weighted by Crippen LogP contribution is 2.34. The van der Waals surface area contributed by atoms with Gasteiger partial charge in [0.2, 0.25) is 5.91 Å². The molecule has 1 aliphatic heterocycles. The van der Waals surface area contributed by atoms with Gasteiger partial charge in [-0.2, -0.15) is 0 Å². The first-order valence-corrected chi connectivity index (χ1v) is 11.4. The zero-order chi connectivity index (χ0) is 21.8. The molecule has 2 aromatic carbocycles. The van der Waals surface area contributed by atoms with Gasteiger partial charge in [-0.05, 0) is 65.1 Å². The van der Waals surface area contributed by atoms with Crippen LogP contribution in [0.1, 0.15) is 17.3 Å². The zero-order valence-electron chi connectivity index (χ0n) is 16.0. The summed E-state index contributed by atoms with van der Waals surface area (Å²) < 4.78 is 0.892. The molecule has 0 bridgehead atoms. The van der Waals surface area contributed by atoms with Crippen LogP contribution in [0.4, 0.5) is 11.4 Å². The van der Waals surface area contributed by atoms with Gasteiger partial charge in [0, 0.05) is 36.7 Å². The fourth-order valence-corrected chi connectivity index (χ4v) is 4.37. The molecule has 10 heteroatoms. The minimum absolute atomic E-state index is 0.0604. The van der Waals surface area contributed by atoms with Gasteiger partial charge >= 0.3 is 0 Å². The highest BCUT2D eigenvalue weighted by molar-refractivity contribution is 14.1. The molecule has 2 N–H and O–H groups in total. The van der Waals surface area contributed by atoms with Gasteiger partial charge in [0.05, 0.1) is 27.0 Å². The number of carbonyl (C=O) groups excluding carboxylic acids is 2. The standard InChI is InChI=1S/C20H19Cl2IN4O2S/c1-12(28)26-7-9-27(10-8-26)18-16(22)3-2-4-17(18)24-20(30)25-19(29)14-11-13(23)5-6-15(14)21/h2-6,11H,7-10H2,1H3,(H2,24,25,29,30).